The first-order chi connectivity index (χ1) is 3.38. The van der Waals surface area contributed by atoms with Gasteiger partial charge in [0.05, 0.1) is 0 Å². The van der Waals surface area contributed by atoms with Crippen molar-refractivity contribution in [1.29, 1.82) is 0 Å². The first-order valence-electron chi connectivity index (χ1n) is 2.20. The third kappa shape index (κ3) is 0.307. The highest BCUT2D eigenvalue weighted by Gasteiger charge is 2.52. The normalized spacial score (nSPS) is 45.4. The van der Waals surface area contributed by atoms with Gasteiger partial charge in [-0.3, -0.25) is 0 Å². The van der Waals surface area contributed by atoms with Crippen molar-refractivity contribution < 1.29 is 14.3 Å². The number of cyclic esters (lactones) is 1. The highest BCUT2D eigenvalue weighted by atomic mass is 16.7. The molecular formula is C4H4O3. The standard InChI is InChI=1S/C4H4O3/c5-4-3-2(7-3)1-6-4/h2-3H,1H2/t2-,3-/m0/s1. The van der Waals surface area contributed by atoms with Crippen molar-refractivity contribution in [2.24, 2.45) is 0 Å². The lowest BCUT2D eigenvalue weighted by Gasteiger charge is -1.89. The maximum atomic E-state index is 10.3. The van der Waals surface area contributed by atoms with E-state index >= 15 is 0 Å². The highest BCUT2D eigenvalue weighted by molar-refractivity contribution is 5.80. The molecule has 2 atom stereocenters. The molecule has 0 aromatic carbocycles. The Bertz CT molecular complexity index is 120. The van der Waals surface area contributed by atoms with E-state index < -0.39 is 0 Å². The Hall–Kier alpha value is -0.570. The van der Waals surface area contributed by atoms with Crippen molar-refractivity contribution in [2.75, 3.05) is 6.61 Å². The topological polar surface area (TPSA) is 38.8 Å². The molecule has 2 rings (SSSR count). The van der Waals surface area contributed by atoms with Crippen LogP contribution in [0.4, 0.5) is 0 Å². The summed E-state index contributed by atoms with van der Waals surface area (Å²) in [5.41, 5.74) is 0. The highest BCUT2D eigenvalue weighted by Crippen LogP contribution is 2.29. The van der Waals surface area contributed by atoms with Gasteiger partial charge in [-0.05, 0) is 0 Å². The van der Waals surface area contributed by atoms with E-state index in [9.17, 15) is 4.79 Å². The van der Waals surface area contributed by atoms with E-state index in [0.29, 0.717) is 6.61 Å². The minimum atomic E-state index is -0.190. The monoisotopic (exact) mass is 100 g/mol. The molecule has 0 saturated carbocycles. The molecule has 3 heteroatoms. The van der Waals surface area contributed by atoms with Crippen LogP contribution in [0.15, 0.2) is 0 Å². The fourth-order valence-corrected chi connectivity index (χ4v) is 0.723. The third-order valence-corrected chi connectivity index (χ3v) is 1.20. The van der Waals surface area contributed by atoms with Gasteiger partial charge in [0.15, 0.2) is 6.10 Å². The largest absolute Gasteiger partial charge is 0.461 e. The number of carbonyl (C=O) groups excluding carboxylic acids is 1. The molecule has 0 unspecified atom stereocenters. The molecule has 2 fully saturated rings. The number of hydrogen-bond acceptors (Lipinski definition) is 3. The van der Waals surface area contributed by atoms with Gasteiger partial charge in [0.25, 0.3) is 0 Å². The zero-order chi connectivity index (χ0) is 4.85. The molecule has 0 aromatic heterocycles. The Morgan fingerprint density at radius 2 is 2.57 bits per heavy atom. The molecular weight excluding hydrogens is 96.0 g/mol. The first kappa shape index (κ1) is 3.43. The van der Waals surface area contributed by atoms with Crippen LogP contribution < -0.4 is 0 Å². The molecule has 2 aliphatic heterocycles. The van der Waals surface area contributed by atoms with Gasteiger partial charge in [0.2, 0.25) is 0 Å². The van der Waals surface area contributed by atoms with Gasteiger partial charge in [0.1, 0.15) is 12.7 Å². The molecule has 7 heavy (non-hydrogen) atoms. The number of fused-ring (bicyclic) bond motifs is 1. The molecule has 2 aliphatic rings. The van der Waals surface area contributed by atoms with Gasteiger partial charge in [-0.25, -0.2) is 4.79 Å². The molecule has 0 aliphatic carbocycles. The van der Waals surface area contributed by atoms with Crippen LogP contribution in [0.2, 0.25) is 0 Å². The Balaban J connectivity index is 2.21. The summed E-state index contributed by atoms with van der Waals surface area (Å²) in [4.78, 5) is 10.3. The Kier molecular flexibility index (Phi) is 0.400. The minimum absolute atomic E-state index is 0.118. The summed E-state index contributed by atoms with van der Waals surface area (Å²) in [5.74, 6) is -0.190. The number of carbonyl (C=O) groups is 1. The summed E-state index contributed by atoms with van der Waals surface area (Å²) in [7, 11) is 0. The predicted molar refractivity (Wildman–Crippen MR) is 19.6 cm³/mol. The van der Waals surface area contributed by atoms with Crippen LogP contribution in [-0.4, -0.2) is 24.8 Å². The van der Waals surface area contributed by atoms with Crippen molar-refractivity contribution in [3.05, 3.63) is 0 Å². The zero-order valence-corrected chi connectivity index (χ0v) is 3.59. The van der Waals surface area contributed by atoms with E-state index in [1.807, 2.05) is 0 Å². The maximum Gasteiger partial charge on any atom is 0.338 e. The number of ether oxygens (including phenoxy) is 2. The molecule has 2 heterocycles. The molecule has 0 amide bonds. The molecule has 38 valence electrons. The summed E-state index contributed by atoms with van der Waals surface area (Å²) >= 11 is 0. The van der Waals surface area contributed by atoms with Crippen LogP contribution in [0.25, 0.3) is 0 Å². The molecule has 0 radical (unpaired) electrons. The van der Waals surface area contributed by atoms with Crippen LogP contribution >= 0.6 is 0 Å². The summed E-state index contributed by atoms with van der Waals surface area (Å²) in [5, 5.41) is 0. The Morgan fingerprint density at radius 3 is 2.71 bits per heavy atom. The van der Waals surface area contributed by atoms with Gasteiger partial charge >= 0.3 is 5.97 Å². The van der Waals surface area contributed by atoms with Crippen LogP contribution in [0.5, 0.6) is 0 Å². The number of rotatable bonds is 0. The zero-order valence-electron chi connectivity index (χ0n) is 3.59. The van der Waals surface area contributed by atoms with E-state index in [0.717, 1.165) is 0 Å². The molecule has 0 bridgehead atoms. The van der Waals surface area contributed by atoms with Crippen molar-refractivity contribution in [3.8, 4) is 0 Å². The Morgan fingerprint density at radius 1 is 1.71 bits per heavy atom. The van der Waals surface area contributed by atoms with E-state index in [4.69, 9.17) is 4.74 Å². The second kappa shape index (κ2) is 0.816. The van der Waals surface area contributed by atoms with Gasteiger partial charge in [0, 0.05) is 0 Å². The molecule has 3 nitrogen and oxygen atoms in total. The fraction of sp³-hybridized carbons (Fsp3) is 0.750. The van der Waals surface area contributed by atoms with Crippen molar-refractivity contribution in [3.63, 3.8) is 0 Å². The van der Waals surface area contributed by atoms with E-state index in [2.05, 4.69) is 4.74 Å². The number of hydrogen-bond donors (Lipinski definition) is 0. The predicted octanol–water partition coefficient (Wildman–Crippen LogP) is -0.689. The van der Waals surface area contributed by atoms with Crippen LogP contribution in [0.3, 0.4) is 0 Å². The quantitative estimate of drug-likeness (QED) is 0.299. The van der Waals surface area contributed by atoms with Gasteiger partial charge in [-0.15, -0.1) is 0 Å². The van der Waals surface area contributed by atoms with E-state index in [-0.39, 0.29) is 18.2 Å². The second-order valence-corrected chi connectivity index (χ2v) is 1.73. The Labute approximate surface area is 40.2 Å². The molecule has 2 saturated heterocycles. The van der Waals surface area contributed by atoms with E-state index in [1.54, 1.807) is 0 Å². The molecule has 0 spiro atoms. The number of epoxide rings is 1. The third-order valence-electron chi connectivity index (χ3n) is 1.20. The van der Waals surface area contributed by atoms with Crippen LogP contribution in [0.1, 0.15) is 0 Å². The number of esters is 1. The average Bonchev–Trinajstić information content (AvgIpc) is 2.33. The summed E-state index contributed by atoms with van der Waals surface area (Å²) in [6.45, 7) is 0.476. The fourth-order valence-electron chi connectivity index (χ4n) is 0.723. The lowest BCUT2D eigenvalue weighted by molar-refractivity contribution is -0.143. The van der Waals surface area contributed by atoms with E-state index in [1.165, 1.54) is 0 Å². The first-order valence-corrected chi connectivity index (χ1v) is 2.20. The van der Waals surface area contributed by atoms with Crippen LogP contribution in [0, 0.1) is 0 Å². The summed E-state index contributed by atoms with van der Waals surface area (Å²) in [6, 6.07) is 0. The molecule has 0 N–H and O–H groups in total. The SMILES string of the molecule is O=C1OC[C@@H]2O[C@H]12. The van der Waals surface area contributed by atoms with Gasteiger partial charge < -0.3 is 9.47 Å². The smallest absolute Gasteiger partial charge is 0.338 e. The summed E-state index contributed by atoms with van der Waals surface area (Å²) < 4.78 is 9.34. The lowest BCUT2D eigenvalue weighted by atomic mass is 10.4. The van der Waals surface area contributed by atoms with Crippen molar-refractivity contribution in [1.82, 2.24) is 0 Å². The summed E-state index contributed by atoms with van der Waals surface area (Å²) in [6.07, 6.45) is -0.0625. The van der Waals surface area contributed by atoms with Crippen molar-refractivity contribution in [2.45, 2.75) is 12.2 Å². The van der Waals surface area contributed by atoms with Crippen LogP contribution in [-0.2, 0) is 14.3 Å². The average molecular weight is 100 g/mol. The van der Waals surface area contributed by atoms with Gasteiger partial charge in [-0.1, -0.05) is 0 Å². The maximum absolute atomic E-state index is 10.3. The second-order valence-electron chi connectivity index (χ2n) is 1.73. The minimum Gasteiger partial charge on any atom is -0.461 e. The van der Waals surface area contributed by atoms with Gasteiger partial charge in [-0.2, -0.15) is 0 Å². The lowest BCUT2D eigenvalue weighted by Crippen LogP contribution is -2.02. The molecule has 0 aromatic rings. The van der Waals surface area contributed by atoms with Crippen molar-refractivity contribution >= 4 is 5.97 Å².